The van der Waals surface area contributed by atoms with Crippen LogP contribution in [-0.2, 0) is 18.3 Å². The number of nitrogens with zero attached hydrogens (tertiary/aromatic N) is 3. The van der Waals surface area contributed by atoms with E-state index in [1.165, 1.54) is 18.2 Å². The molecule has 0 saturated heterocycles. The van der Waals surface area contributed by atoms with Crippen molar-refractivity contribution in [3.8, 4) is 5.69 Å². The van der Waals surface area contributed by atoms with Crippen molar-refractivity contribution in [1.82, 2.24) is 14.8 Å². The first-order valence-corrected chi connectivity index (χ1v) is 10.5. The molecule has 1 heterocycles. The van der Waals surface area contributed by atoms with Gasteiger partial charge in [-0.1, -0.05) is 48.2 Å². The van der Waals surface area contributed by atoms with E-state index in [9.17, 15) is 22.0 Å². The Hall–Kier alpha value is -3.20. The van der Waals surface area contributed by atoms with Crippen LogP contribution in [0.5, 0.6) is 0 Å². The smallest absolute Gasteiger partial charge is 0.274 e. The molecule has 0 bridgehead atoms. The zero-order valence-electron chi connectivity index (χ0n) is 16.5. The summed E-state index contributed by atoms with van der Waals surface area (Å²) in [5, 5.41) is 8.66. The number of hydrogen-bond donors (Lipinski definition) is 0. The van der Waals surface area contributed by atoms with E-state index in [-0.39, 0.29) is 11.4 Å². The van der Waals surface area contributed by atoms with Crippen molar-refractivity contribution in [1.29, 1.82) is 0 Å². The summed E-state index contributed by atoms with van der Waals surface area (Å²) in [7, 11) is 0. The van der Waals surface area contributed by atoms with Gasteiger partial charge in [0.1, 0.15) is 17.5 Å². The molecule has 164 valence electrons. The minimum absolute atomic E-state index is 0.164. The topological polar surface area (TPSA) is 30.7 Å². The highest BCUT2D eigenvalue weighted by atomic mass is 32.2. The first-order valence-electron chi connectivity index (χ1n) is 9.53. The number of rotatable bonds is 6. The van der Waals surface area contributed by atoms with Gasteiger partial charge in [-0.05, 0) is 41.5 Å². The number of thioether (sulfide) groups is 1. The maximum absolute atomic E-state index is 13.5. The largest absolute Gasteiger partial charge is 0.416 e. The predicted molar refractivity (Wildman–Crippen MR) is 112 cm³/mol. The monoisotopic (exact) mass is 461 g/mol. The second-order valence-electron chi connectivity index (χ2n) is 7.01. The molecule has 0 saturated carbocycles. The van der Waals surface area contributed by atoms with E-state index in [0.717, 1.165) is 35.5 Å². The summed E-state index contributed by atoms with van der Waals surface area (Å²) in [5.41, 5.74) is 0.758. The number of halogens is 5. The molecule has 0 fully saturated rings. The fraction of sp³-hybridized carbons (Fsp3) is 0.130. The Morgan fingerprint density at radius 1 is 0.781 bits per heavy atom. The first-order chi connectivity index (χ1) is 15.3. The molecule has 9 heteroatoms. The van der Waals surface area contributed by atoms with Gasteiger partial charge in [-0.2, -0.15) is 13.2 Å². The molecule has 32 heavy (non-hydrogen) atoms. The normalized spacial score (nSPS) is 11.7. The molecule has 0 aliphatic heterocycles. The van der Waals surface area contributed by atoms with Gasteiger partial charge in [0.05, 0.1) is 11.3 Å². The second kappa shape index (κ2) is 9.12. The fourth-order valence-corrected chi connectivity index (χ4v) is 4.11. The lowest BCUT2D eigenvalue weighted by molar-refractivity contribution is -0.137. The van der Waals surface area contributed by atoms with E-state index >= 15 is 0 Å². The van der Waals surface area contributed by atoms with Gasteiger partial charge in [0, 0.05) is 18.2 Å². The van der Waals surface area contributed by atoms with Crippen molar-refractivity contribution in [3.05, 3.63) is 107 Å². The van der Waals surface area contributed by atoms with Gasteiger partial charge >= 0.3 is 6.18 Å². The molecule has 4 aromatic rings. The third-order valence-electron chi connectivity index (χ3n) is 4.63. The van der Waals surface area contributed by atoms with E-state index in [1.807, 2.05) is 30.3 Å². The summed E-state index contributed by atoms with van der Waals surface area (Å²) < 4.78 is 68.4. The highest BCUT2D eigenvalue weighted by molar-refractivity contribution is 7.98. The zero-order chi connectivity index (χ0) is 22.7. The van der Waals surface area contributed by atoms with Gasteiger partial charge in [-0.25, -0.2) is 8.78 Å². The summed E-state index contributed by atoms with van der Waals surface area (Å²) in [4.78, 5) is 0. The van der Waals surface area contributed by atoms with Crippen LogP contribution in [0.3, 0.4) is 0 Å². The first kappa shape index (κ1) is 22.0. The fourth-order valence-electron chi connectivity index (χ4n) is 3.21. The molecule has 0 N–H and O–H groups in total. The zero-order valence-corrected chi connectivity index (χ0v) is 17.3. The van der Waals surface area contributed by atoms with Gasteiger partial charge in [0.2, 0.25) is 0 Å². The number of hydrogen-bond acceptors (Lipinski definition) is 3. The van der Waals surface area contributed by atoms with E-state index in [0.29, 0.717) is 23.0 Å². The SMILES string of the molecule is Fc1cc(F)cc(CSc2nnc(Cc3ccccc3)n2-c2cccc(C(F)(F)F)c2)c1. The van der Waals surface area contributed by atoms with E-state index in [1.54, 1.807) is 10.6 Å². The Morgan fingerprint density at radius 3 is 2.19 bits per heavy atom. The van der Waals surface area contributed by atoms with Crippen LogP contribution < -0.4 is 0 Å². The average Bonchev–Trinajstić information content (AvgIpc) is 3.14. The Bertz CT molecular complexity index is 1200. The van der Waals surface area contributed by atoms with Crippen molar-refractivity contribution in [2.24, 2.45) is 0 Å². The molecule has 4 rings (SSSR count). The molecular weight excluding hydrogens is 445 g/mol. The molecule has 1 aromatic heterocycles. The van der Waals surface area contributed by atoms with Crippen molar-refractivity contribution < 1.29 is 22.0 Å². The lowest BCUT2D eigenvalue weighted by Crippen LogP contribution is -2.08. The molecule has 0 aliphatic rings. The van der Waals surface area contributed by atoms with Gasteiger partial charge in [0.25, 0.3) is 0 Å². The van der Waals surface area contributed by atoms with Crippen LogP contribution in [0, 0.1) is 11.6 Å². The maximum atomic E-state index is 13.5. The summed E-state index contributed by atoms with van der Waals surface area (Å²) in [5.74, 6) is -0.797. The third kappa shape index (κ3) is 5.16. The van der Waals surface area contributed by atoms with Crippen molar-refractivity contribution in [2.45, 2.75) is 23.5 Å². The second-order valence-corrected chi connectivity index (χ2v) is 7.95. The van der Waals surface area contributed by atoms with Crippen LogP contribution >= 0.6 is 11.8 Å². The lowest BCUT2D eigenvalue weighted by atomic mass is 10.1. The molecular formula is C23H16F5N3S. The van der Waals surface area contributed by atoms with Crippen LogP contribution in [-0.4, -0.2) is 14.8 Å². The molecule has 0 unspecified atom stereocenters. The lowest BCUT2D eigenvalue weighted by Gasteiger charge is -2.13. The Labute approximate surface area is 184 Å². The summed E-state index contributed by atoms with van der Waals surface area (Å²) >= 11 is 1.13. The molecule has 0 aliphatic carbocycles. The standard InChI is InChI=1S/C23H16F5N3S/c24-18-9-16(10-19(25)13-18)14-32-22-30-29-21(11-15-5-2-1-3-6-15)31(22)20-8-4-7-17(12-20)23(26,27)28/h1-10,12-13H,11,14H2. The quantitative estimate of drug-likeness (QED) is 0.244. The van der Waals surface area contributed by atoms with Gasteiger partial charge in [0.15, 0.2) is 5.16 Å². The van der Waals surface area contributed by atoms with Crippen molar-refractivity contribution >= 4 is 11.8 Å². The van der Waals surface area contributed by atoms with E-state index in [4.69, 9.17) is 0 Å². The van der Waals surface area contributed by atoms with Crippen LogP contribution in [0.15, 0.2) is 78.0 Å². The average molecular weight is 461 g/mol. The minimum Gasteiger partial charge on any atom is -0.274 e. The highest BCUT2D eigenvalue weighted by Crippen LogP contribution is 2.32. The van der Waals surface area contributed by atoms with Gasteiger partial charge in [-0.3, -0.25) is 4.57 Å². The number of alkyl halides is 3. The van der Waals surface area contributed by atoms with Gasteiger partial charge in [-0.15, -0.1) is 10.2 Å². The Kier molecular flexibility index (Phi) is 6.27. The number of aromatic nitrogens is 3. The van der Waals surface area contributed by atoms with Gasteiger partial charge < -0.3 is 0 Å². The highest BCUT2D eigenvalue weighted by Gasteiger charge is 2.31. The van der Waals surface area contributed by atoms with Crippen LogP contribution in [0.4, 0.5) is 22.0 Å². The maximum Gasteiger partial charge on any atom is 0.416 e. The Balaban J connectivity index is 1.72. The molecule has 3 aromatic carbocycles. The molecule has 0 radical (unpaired) electrons. The summed E-state index contributed by atoms with van der Waals surface area (Å²) in [6.45, 7) is 0. The van der Waals surface area contributed by atoms with E-state index < -0.39 is 23.4 Å². The van der Waals surface area contributed by atoms with Crippen LogP contribution in [0.2, 0.25) is 0 Å². The number of benzene rings is 3. The third-order valence-corrected chi connectivity index (χ3v) is 5.63. The predicted octanol–water partition coefficient (Wildman–Crippen LogP) is 6.45. The Morgan fingerprint density at radius 2 is 1.50 bits per heavy atom. The summed E-state index contributed by atoms with van der Waals surface area (Å²) in [6, 6.07) is 17.4. The van der Waals surface area contributed by atoms with Crippen LogP contribution in [0.25, 0.3) is 5.69 Å². The van der Waals surface area contributed by atoms with Crippen molar-refractivity contribution in [3.63, 3.8) is 0 Å². The molecule has 0 amide bonds. The van der Waals surface area contributed by atoms with E-state index in [2.05, 4.69) is 10.2 Å². The minimum atomic E-state index is -4.50. The summed E-state index contributed by atoms with van der Waals surface area (Å²) in [6.07, 6.45) is -4.16. The van der Waals surface area contributed by atoms with Crippen LogP contribution in [0.1, 0.15) is 22.5 Å². The molecule has 0 spiro atoms. The molecule has 0 atom stereocenters. The van der Waals surface area contributed by atoms with Crippen molar-refractivity contribution in [2.75, 3.05) is 0 Å². The molecule has 3 nitrogen and oxygen atoms in total.